The number of fused-ring (bicyclic) bond motifs is 2. The van der Waals surface area contributed by atoms with Gasteiger partial charge in [-0.25, -0.2) is 0 Å². The number of esters is 1. The van der Waals surface area contributed by atoms with E-state index in [0.29, 0.717) is 44.2 Å². The number of ether oxygens (including phenoxy) is 2. The Morgan fingerprint density at radius 1 is 1.16 bits per heavy atom. The molecule has 8 heteroatoms. The molecule has 0 aromatic heterocycles. The van der Waals surface area contributed by atoms with Crippen molar-refractivity contribution in [2.24, 2.45) is 17.8 Å². The van der Waals surface area contributed by atoms with Crippen LogP contribution >= 0.6 is 0 Å². The summed E-state index contributed by atoms with van der Waals surface area (Å²) in [5, 5.41) is 12.7. The molecule has 236 valence electrons. The summed E-state index contributed by atoms with van der Waals surface area (Å²) in [6.45, 7) is 13.7. The Morgan fingerprint density at radius 2 is 1.91 bits per heavy atom. The number of hydrogen-bond donors (Lipinski definition) is 1. The zero-order valence-corrected chi connectivity index (χ0v) is 26.2. The third kappa shape index (κ3) is 5.06. The maximum atomic E-state index is 15.0. The molecule has 3 heterocycles. The number of nitrogens with zero attached hydrogens (tertiary/aromatic N) is 2. The summed E-state index contributed by atoms with van der Waals surface area (Å²) < 4.78 is 12.7. The van der Waals surface area contributed by atoms with E-state index in [2.05, 4.69) is 13.2 Å². The van der Waals surface area contributed by atoms with Crippen LogP contribution in [-0.4, -0.2) is 70.8 Å². The third-order valence-corrected chi connectivity index (χ3v) is 10.4. The quantitative estimate of drug-likeness (QED) is 0.176. The number of hydrogen-bond acceptors (Lipinski definition) is 6. The van der Waals surface area contributed by atoms with Crippen molar-refractivity contribution < 1.29 is 29.0 Å². The predicted molar refractivity (Wildman–Crippen MR) is 171 cm³/mol. The maximum absolute atomic E-state index is 15.0. The van der Waals surface area contributed by atoms with Crippen LogP contribution < -0.4 is 4.90 Å². The molecule has 2 aromatic carbocycles. The number of carbonyl (C=O) groups excluding carboxylic acids is 3. The number of benzene rings is 2. The highest BCUT2D eigenvalue weighted by molar-refractivity contribution is 6.05. The molecule has 1 spiro atoms. The van der Waals surface area contributed by atoms with Crippen LogP contribution in [0.2, 0.25) is 0 Å². The highest BCUT2D eigenvalue weighted by Crippen LogP contribution is 2.65. The molecule has 5 rings (SSSR count). The molecule has 44 heavy (non-hydrogen) atoms. The Kier molecular flexibility index (Phi) is 9.33. The molecule has 3 aliphatic rings. The van der Waals surface area contributed by atoms with Gasteiger partial charge in [-0.3, -0.25) is 14.4 Å². The van der Waals surface area contributed by atoms with Crippen LogP contribution in [-0.2, 0) is 23.9 Å². The largest absolute Gasteiger partial charge is 0.465 e. The Balaban J connectivity index is 1.61. The second-order valence-corrected chi connectivity index (χ2v) is 12.6. The zero-order chi connectivity index (χ0) is 31.6. The van der Waals surface area contributed by atoms with Gasteiger partial charge in [0, 0.05) is 12.2 Å². The monoisotopic (exact) mass is 602 g/mol. The van der Waals surface area contributed by atoms with Gasteiger partial charge >= 0.3 is 5.97 Å². The van der Waals surface area contributed by atoms with Crippen molar-refractivity contribution in [3.05, 3.63) is 67.8 Å². The van der Waals surface area contributed by atoms with E-state index in [1.807, 2.05) is 63.2 Å². The molecule has 8 nitrogen and oxygen atoms in total. The maximum Gasteiger partial charge on any atom is 0.312 e. The summed E-state index contributed by atoms with van der Waals surface area (Å²) >= 11 is 0. The van der Waals surface area contributed by atoms with Crippen molar-refractivity contribution in [1.29, 1.82) is 0 Å². The van der Waals surface area contributed by atoms with Gasteiger partial charge in [-0.2, -0.15) is 0 Å². The minimum atomic E-state index is -1.22. The number of anilines is 1. The molecule has 7 atom stereocenters. The van der Waals surface area contributed by atoms with Gasteiger partial charge in [-0.1, -0.05) is 69.7 Å². The molecule has 0 aliphatic carbocycles. The molecule has 3 fully saturated rings. The molecule has 2 unspecified atom stereocenters. The van der Waals surface area contributed by atoms with Gasteiger partial charge in [-0.05, 0) is 60.9 Å². The normalized spacial score (nSPS) is 28.5. The first-order valence-electron chi connectivity index (χ1n) is 16.0. The fourth-order valence-corrected chi connectivity index (χ4v) is 7.90. The van der Waals surface area contributed by atoms with Crippen molar-refractivity contribution in [2.75, 3.05) is 24.7 Å². The van der Waals surface area contributed by atoms with E-state index in [1.165, 1.54) is 0 Å². The fraction of sp³-hybridized carbons (Fsp3) is 0.528. The summed E-state index contributed by atoms with van der Waals surface area (Å²) in [7, 11) is 0. The van der Waals surface area contributed by atoms with Gasteiger partial charge in [-0.15, -0.1) is 13.2 Å². The van der Waals surface area contributed by atoms with Crippen LogP contribution in [0.15, 0.2) is 67.8 Å². The molecule has 0 saturated carbocycles. The Labute approximate surface area is 260 Å². The SMILES string of the molecule is C=CCCCOC(=O)[C@@H]1[C@H]2C(=O)N([C@@H](CO)[C@@H](C)CC)C(C(=O)N(CC=C)c3ccc4ccccc4c3)C23CC[C@@]1(CC)O3. The van der Waals surface area contributed by atoms with E-state index in [4.69, 9.17) is 9.47 Å². The fourth-order valence-electron chi connectivity index (χ4n) is 7.90. The molecular weight excluding hydrogens is 556 g/mol. The van der Waals surface area contributed by atoms with Crippen molar-refractivity contribution in [3.8, 4) is 0 Å². The molecule has 1 N–H and O–H groups in total. The molecule has 3 aliphatic heterocycles. The van der Waals surface area contributed by atoms with Gasteiger partial charge in [0.1, 0.15) is 17.6 Å². The summed E-state index contributed by atoms with van der Waals surface area (Å²) in [6.07, 6.45) is 7.02. The van der Waals surface area contributed by atoms with Crippen LogP contribution in [0.4, 0.5) is 5.69 Å². The van der Waals surface area contributed by atoms with Gasteiger partial charge in [0.2, 0.25) is 5.91 Å². The van der Waals surface area contributed by atoms with E-state index < -0.39 is 41.1 Å². The standard InChI is InChI=1S/C36H46N2O6/c1-6-10-13-21-43-34(42)30-29-32(40)38(28(23-39)24(5)8-3)31(36(29)19-18-35(30,9-4)44-36)33(41)37(20-7-2)27-17-16-25-14-11-12-15-26(25)22-27/h6-7,11-12,14-17,22,24,28-31,39H,1-2,8-10,13,18-21,23H2,3-5H3/t24-,28-,29-,30-,31?,35+,36?/m0/s1. The minimum Gasteiger partial charge on any atom is -0.465 e. The van der Waals surface area contributed by atoms with Crippen LogP contribution in [0.25, 0.3) is 10.8 Å². The molecular formula is C36H46N2O6. The molecule has 2 amide bonds. The van der Waals surface area contributed by atoms with E-state index in [9.17, 15) is 19.5 Å². The number of aliphatic hydroxyl groups excluding tert-OH is 1. The van der Waals surface area contributed by atoms with Gasteiger partial charge in [0.05, 0.1) is 30.8 Å². The molecule has 2 bridgehead atoms. The second-order valence-electron chi connectivity index (χ2n) is 12.6. The minimum absolute atomic E-state index is 0.0929. The lowest BCUT2D eigenvalue weighted by Gasteiger charge is -2.41. The number of amides is 2. The Hall–Kier alpha value is -3.49. The van der Waals surface area contributed by atoms with E-state index >= 15 is 0 Å². The van der Waals surface area contributed by atoms with Crippen LogP contribution in [0.1, 0.15) is 59.3 Å². The Bertz CT molecular complexity index is 1420. The van der Waals surface area contributed by atoms with E-state index in [1.54, 1.807) is 22.0 Å². The van der Waals surface area contributed by atoms with Crippen molar-refractivity contribution in [2.45, 2.75) is 82.6 Å². The lowest BCUT2D eigenvalue weighted by atomic mass is 9.65. The number of carbonyl (C=O) groups is 3. The van der Waals surface area contributed by atoms with Crippen molar-refractivity contribution in [1.82, 2.24) is 4.90 Å². The highest BCUT2D eigenvalue weighted by Gasteiger charge is 2.79. The number of rotatable bonds is 14. The lowest BCUT2D eigenvalue weighted by molar-refractivity contribution is -0.162. The number of unbranched alkanes of at least 4 members (excludes halogenated alkanes) is 1. The number of allylic oxidation sites excluding steroid dienone is 1. The average molecular weight is 603 g/mol. The Morgan fingerprint density at radius 3 is 2.57 bits per heavy atom. The number of aliphatic hydroxyl groups is 1. The lowest BCUT2D eigenvalue weighted by Crippen LogP contribution is -2.60. The number of likely N-dealkylation sites (tertiary alicyclic amines) is 1. The summed E-state index contributed by atoms with van der Waals surface area (Å²) in [5.41, 5.74) is -1.43. The smallest absolute Gasteiger partial charge is 0.312 e. The molecule has 0 radical (unpaired) electrons. The molecule has 2 aromatic rings. The first-order chi connectivity index (χ1) is 21.2. The van der Waals surface area contributed by atoms with E-state index in [0.717, 1.165) is 10.8 Å². The summed E-state index contributed by atoms with van der Waals surface area (Å²) in [6, 6.07) is 12.1. The van der Waals surface area contributed by atoms with Crippen molar-refractivity contribution in [3.63, 3.8) is 0 Å². The average Bonchev–Trinajstić information content (AvgIpc) is 3.65. The van der Waals surface area contributed by atoms with Gasteiger partial charge in [0.15, 0.2) is 0 Å². The highest BCUT2D eigenvalue weighted by atomic mass is 16.6. The summed E-state index contributed by atoms with van der Waals surface area (Å²) in [5.74, 6) is -2.87. The van der Waals surface area contributed by atoms with Crippen LogP contribution in [0, 0.1) is 17.8 Å². The second kappa shape index (κ2) is 12.9. The van der Waals surface area contributed by atoms with E-state index in [-0.39, 0.29) is 37.5 Å². The van der Waals surface area contributed by atoms with Gasteiger partial charge in [0.25, 0.3) is 5.91 Å². The zero-order valence-electron chi connectivity index (χ0n) is 26.2. The predicted octanol–water partition coefficient (Wildman–Crippen LogP) is 5.43. The third-order valence-electron chi connectivity index (χ3n) is 10.4. The van der Waals surface area contributed by atoms with Gasteiger partial charge < -0.3 is 24.4 Å². The first kappa shape index (κ1) is 31.9. The van der Waals surface area contributed by atoms with Crippen LogP contribution in [0.5, 0.6) is 0 Å². The van der Waals surface area contributed by atoms with Crippen LogP contribution in [0.3, 0.4) is 0 Å². The summed E-state index contributed by atoms with van der Waals surface area (Å²) in [4.78, 5) is 46.7. The molecule has 3 saturated heterocycles. The van der Waals surface area contributed by atoms with Crippen molar-refractivity contribution >= 4 is 34.2 Å². The first-order valence-corrected chi connectivity index (χ1v) is 16.0. The topological polar surface area (TPSA) is 96.4 Å².